The number of H-pyrrole nitrogens is 1. The Morgan fingerprint density at radius 2 is 1.87 bits per heavy atom. The fraction of sp³-hybridized carbons (Fsp3) is 0.238. The minimum atomic E-state index is -0.701. The second-order valence-electron chi connectivity index (χ2n) is 6.75. The Hall–Kier alpha value is -3.59. The maximum Gasteiger partial charge on any atom is 0.340 e. The molecule has 0 bridgehead atoms. The number of rotatable bonds is 7. The van der Waals surface area contributed by atoms with Crippen molar-refractivity contribution >= 4 is 46.9 Å². The zero-order valence-corrected chi connectivity index (χ0v) is 17.7. The van der Waals surface area contributed by atoms with Crippen molar-refractivity contribution in [3.05, 3.63) is 57.4 Å². The van der Waals surface area contributed by atoms with Crippen molar-refractivity contribution < 1.29 is 23.9 Å². The average Bonchev–Trinajstić information content (AvgIpc) is 3.26. The highest BCUT2D eigenvalue weighted by molar-refractivity contribution is 6.32. The molecule has 0 saturated heterocycles. The Bertz CT molecular complexity index is 1090. The van der Waals surface area contributed by atoms with E-state index in [0.29, 0.717) is 24.2 Å². The van der Waals surface area contributed by atoms with Gasteiger partial charge in [0.15, 0.2) is 0 Å². The fourth-order valence-electron chi connectivity index (χ4n) is 3.16. The summed E-state index contributed by atoms with van der Waals surface area (Å²) < 4.78 is 9.50. The van der Waals surface area contributed by atoms with Gasteiger partial charge in [0.2, 0.25) is 0 Å². The van der Waals surface area contributed by atoms with E-state index in [1.165, 1.54) is 20.3 Å². The number of nitrogens with zero attached hydrogens (tertiary/aromatic N) is 1. The summed E-state index contributed by atoms with van der Waals surface area (Å²) in [4.78, 5) is 39.3. The van der Waals surface area contributed by atoms with E-state index in [0.717, 1.165) is 5.56 Å². The van der Waals surface area contributed by atoms with Gasteiger partial charge in [0, 0.05) is 11.3 Å². The number of hydrazone groups is 1. The van der Waals surface area contributed by atoms with E-state index in [2.05, 4.69) is 20.2 Å². The van der Waals surface area contributed by atoms with Crippen LogP contribution in [0.3, 0.4) is 0 Å². The number of aryl methyl sites for hydroxylation is 1. The standard InChI is InChI=1S/C21H21ClN4O5/c1-30-17(27)10-14-18(21(29)31-2)16(24-19(14)22)9-13-15(25-26-20(13)28)8-5-11-3-6-12(23)7-4-11/h3-4,6-7,9,24H,5,8,10,23H2,1-2H3,(H,26,28)/b13-9+. The topological polar surface area (TPSA) is 136 Å². The van der Waals surface area contributed by atoms with Crippen LogP contribution in [0.15, 0.2) is 34.9 Å². The average molecular weight is 445 g/mol. The normalized spacial score (nSPS) is 14.4. The molecule has 0 spiro atoms. The summed E-state index contributed by atoms with van der Waals surface area (Å²) in [5.41, 5.74) is 11.2. The Labute approximate surface area is 183 Å². The Balaban J connectivity index is 1.92. The molecule has 0 saturated carbocycles. The van der Waals surface area contributed by atoms with Crippen molar-refractivity contribution in [2.75, 3.05) is 20.0 Å². The van der Waals surface area contributed by atoms with E-state index >= 15 is 0 Å². The zero-order chi connectivity index (χ0) is 22.5. The largest absolute Gasteiger partial charge is 0.469 e. The van der Waals surface area contributed by atoms with Gasteiger partial charge >= 0.3 is 11.9 Å². The van der Waals surface area contributed by atoms with Gasteiger partial charge in [0.25, 0.3) is 5.91 Å². The number of nitrogens with one attached hydrogen (secondary N) is 2. The smallest absolute Gasteiger partial charge is 0.340 e. The zero-order valence-electron chi connectivity index (χ0n) is 17.0. The van der Waals surface area contributed by atoms with E-state index in [-0.39, 0.29) is 34.0 Å². The van der Waals surface area contributed by atoms with Gasteiger partial charge in [0.05, 0.1) is 43.2 Å². The SMILES string of the molecule is COC(=O)Cc1c(Cl)[nH]c(/C=C2/C(=O)NN=C2CCc2ccc(N)cc2)c1C(=O)OC. The summed E-state index contributed by atoms with van der Waals surface area (Å²) in [7, 11) is 2.44. The number of carbonyl (C=O) groups is 3. The molecule has 10 heteroatoms. The molecule has 0 radical (unpaired) electrons. The van der Waals surface area contributed by atoms with Gasteiger partial charge < -0.3 is 20.2 Å². The van der Waals surface area contributed by atoms with Crippen LogP contribution in [-0.4, -0.2) is 42.8 Å². The molecule has 2 heterocycles. The number of nitrogen functional groups attached to an aromatic ring is 1. The molecule has 162 valence electrons. The molecule has 4 N–H and O–H groups in total. The van der Waals surface area contributed by atoms with E-state index < -0.39 is 17.8 Å². The third-order valence-electron chi connectivity index (χ3n) is 4.79. The lowest BCUT2D eigenvalue weighted by Crippen LogP contribution is -2.14. The molecule has 3 rings (SSSR count). The summed E-state index contributed by atoms with van der Waals surface area (Å²) in [6.07, 6.45) is 2.35. The van der Waals surface area contributed by atoms with Gasteiger partial charge in [-0.1, -0.05) is 23.7 Å². The van der Waals surface area contributed by atoms with Crippen molar-refractivity contribution in [3.8, 4) is 0 Å². The first-order valence-electron chi connectivity index (χ1n) is 9.32. The van der Waals surface area contributed by atoms with Crippen molar-refractivity contribution in [2.24, 2.45) is 5.10 Å². The number of aromatic nitrogens is 1. The van der Waals surface area contributed by atoms with Crippen LogP contribution in [0.1, 0.15) is 33.6 Å². The van der Waals surface area contributed by atoms with E-state index in [9.17, 15) is 14.4 Å². The van der Waals surface area contributed by atoms with Gasteiger partial charge in [-0.15, -0.1) is 0 Å². The highest BCUT2D eigenvalue weighted by Gasteiger charge is 2.28. The molecule has 0 fully saturated rings. The molecule has 0 unspecified atom stereocenters. The third kappa shape index (κ3) is 4.95. The number of halogens is 1. The number of esters is 2. The highest BCUT2D eigenvalue weighted by Crippen LogP contribution is 2.28. The number of hydrogen-bond acceptors (Lipinski definition) is 7. The van der Waals surface area contributed by atoms with E-state index in [4.69, 9.17) is 22.1 Å². The predicted octanol–water partition coefficient (Wildman–Crippen LogP) is 2.25. The molecule has 0 aliphatic carbocycles. The van der Waals surface area contributed by atoms with Crippen LogP contribution in [0, 0.1) is 0 Å². The first kappa shape index (κ1) is 22.1. The number of methoxy groups -OCH3 is 2. The summed E-state index contributed by atoms with van der Waals surface area (Å²) in [5.74, 6) is -1.69. The van der Waals surface area contributed by atoms with Crippen molar-refractivity contribution in [3.63, 3.8) is 0 Å². The van der Waals surface area contributed by atoms with Crippen molar-refractivity contribution in [1.29, 1.82) is 0 Å². The van der Waals surface area contributed by atoms with Crippen LogP contribution in [0.2, 0.25) is 5.15 Å². The van der Waals surface area contributed by atoms with Gasteiger partial charge in [-0.25, -0.2) is 10.2 Å². The number of anilines is 1. The van der Waals surface area contributed by atoms with Crippen LogP contribution in [0.4, 0.5) is 5.69 Å². The second kappa shape index (κ2) is 9.48. The quantitative estimate of drug-likeness (QED) is 0.340. The lowest BCUT2D eigenvalue weighted by atomic mass is 10.00. The summed E-state index contributed by atoms with van der Waals surface area (Å²) in [5, 5.41) is 4.18. The number of amides is 1. The van der Waals surface area contributed by atoms with Crippen LogP contribution in [-0.2, 0) is 31.9 Å². The lowest BCUT2D eigenvalue weighted by molar-refractivity contribution is -0.139. The van der Waals surface area contributed by atoms with Crippen molar-refractivity contribution in [1.82, 2.24) is 10.4 Å². The van der Waals surface area contributed by atoms with Crippen LogP contribution >= 0.6 is 11.6 Å². The molecule has 0 atom stereocenters. The first-order valence-corrected chi connectivity index (χ1v) is 9.70. The number of hydrogen-bond donors (Lipinski definition) is 3. The molecule has 31 heavy (non-hydrogen) atoms. The number of aromatic amines is 1. The molecular weight excluding hydrogens is 424 g/mol. The molecule has 1 aliphatic heterocycles. The Morgan fingerprint density at radius 3 is 2.52 bits per heavy atom. The van der Waals surface area contributed by atoms with E-state index in [1.54, 1.807) is 12.1 Å². The second-order valence-corrected chi connectivity index (χ2v) is 7.13. The Kier molecular flexibility index (Phi) is 6.76. The predicted molar refractivity (Wildman–Crippen MR) is 116 cm³/mol. The monoisotopic (exact) mass is 444 g/mol. The van der Waals surface area contributed by atoms with Gasteiger partial charge in [-0.05, 0) is 36.6 Å². The maximum absolute atomic E-state index is 12.4. The number of ether oxygens (including phenoxy) is 2. The molecule has 2 aromatic rings. The van der Waals surface area contributed by atoms with Crippen LogP contribution < -0.4 is 11.2 Å². The fourth-order valence-corrected chi connectivity index (χ4v) is 3.42. The van der Waals surface area contributed by atoms with Crippen LogP contribution in [0.5, 0.6) is 0 Å². The highest BCUT2D eigenvalue weighted by atomic mass is 35.5. The minimum absolute atomic E-state index is 0.0583. The lowest BCUT2D eigenvalue weighted by Gasteiger charge is -2.05. The van der Waals surface area contributed by atoms with Crippen LogP contribution in [0.25, 0.3) is 6.08 Å². The molecule has 1 amide bonds. The summed E-state index contributed by atoms with van der Waals surface area (Å²) in [6, 6.07) is 7.42. The molecule has 9 nitrogen and oxygen atoms in total. The van der Waals surface area contributed by atoms with Crippen molar-refractivity contribution in [2.45, 2.75) is 19.3 Å². The number of carbonyl (C=O) groups excluding carboxylic acids is 3. The number of nitrogens with two attached hydrogens (primary N) is 1. The minimum Gasteiger partial charge on any atom is -0.469 e. The summed E-state index contributed by atoms with van der Waals surface area (Å²) >= 11 is 6.22. The summed E-state index contributed by atoms with van der Waals surface area (Å²) in [6.45, 7) is 0. The maximum atomic E-state index is 12.4. The third-order valence-corrected chi connectivity index (χ3v) is 5.11. The molecule has 1 aromatic heterocycles. The first-order chi connectivity index (χ1) is 14.8. The van der Waals surface area contributed by atoms with Gasteiger partial charge in [0.1, 0.15) is 5.15 Å². The van der Waals surface area contributed by atoms with E-state index in [1.807, 2.05) is 12.1 Å². The van der Waals surface area contributed by atoms with Gasteiger partial charge in [-0.2, -0.15) is 5.10 Å². The van der Waals surface area contributed by atoms with Gasteiger partial charge in [-0.3, -0.25) is 9.59 Å². The molecule has 1 aromatic carbocycles. The molecule has 1 aliphatic rings. The molecular formula is C21H21ClN4O5. The number of benzene rings is 1. The Morgan fingerprint density at radius 1 is 1.16 bits per heavy atom.